The minimum Gasteiger partial charge on any atom is -0.439 e. The third-order valence-electron chi connectivity index (χ3n) is 9.58. The normalized spacial score (nSPS) is 14.3. The van der Waals surface area contributed by atoms with E-state index in [1.54, 1.807) is 6.20 Å². The fraction of sp³-hybridized carbons (Fsp3) is 0.0233. The van der Waals surface area contributed by atoms with Gasteiger partial charge in [0.05, 0.1) is 22.8 Å². The van der Waals surface area contributed by atoms with Crippen LogP contribution in [0.3, 0.4) is 0 Å². The summed E-state index contributed by atoms with van der Waals surface area (Å²) in [4.78, 5) is 11.8. The molecular formula is C43H28N4O. The van der Waals surface area contributed by atoms with Crippen LogP contribution in [0.5, 0.6) is 11.6 Å². The second-order valence-electron chi connectivity index (χ2n) is 12.2. The summed E-state index contributed by atoms with van der Waals surface area (Å²) in [5, 5.41) is 2.40. The molecule has 3 aromatic heterocycles. The molecule has 0 saturated heterocycles. The maximum Gasteiger partial charge on any atom is 0.219 e. The molecule has 2 aliphatic rings. The Morgan fingerprint density at radius 1 is 0.521 bits per heavy atom. The van der Waals surface area contributed by atoms with Crippen molar-refractivity contribution >= 4 is 45.3 Å². The van der Waals surface area contributed by atoms with E-state index in [1.807, 2.05) is 36.5 Å². The van der Waals surface area contributed by atoms with Gasteiger partial charge in [0.2, 0.25) is 5.88 Å². The van der Waals surface area contributed by atoms with Gasteiger partial charge in [-0.25, -0.2) is 9.97 Å². The number of aromatic nitrogens is 3. The van der Waals surface area contributed by atoms with Gasteiger partial charge < -0.3 is 9.64 Å². The molecule has 1 aliphatic heterocycles. The summed E-state index contributed by atoms with van der Waals surface area (Å²) in [6.07, 6.45) is 8.13. The Morgan fingerprint density at radius 3 is 2.19 bits per heavy atom. The molecule has 4 heterocycles. The van der Waals surface area contributed by atoms with Crippen LogP contribution in [0, 0.1) is 0 Å². The number of fused-ring (bicyclic) bond motifs is 8. The van der Waals surface area contributed by atoms with Crippen LogP contribution in [0.4, 0.5) is 11.4 Å². The van der Waals surface area contributed by atoms with Crippen LogP contribution in [0.25, 0.3) is 50.9 Å². The van der Waals surface area contributed by atoms with Crippen LogP contribution in [0.2, 0.25) is 0 Å². The number of hydrogen-bond acceptors (Lipinski definition) is 4. The summed E-state index contributed by atoms with van der Waals surface area (Å²) in [7, 11) is 0. The molecule has 226 valence electrons. The van der Waals surface area contributed by atoms with E-state index in [4.69, 9.17) is 9.72 Å². The largest absolute Gasteiger partial charge is 0.439 e. The zero-order chi connectivity index (χ0) is 31.6. The Balaban J connectivity index is 1.25. The number of benzene rings is 5. The molecule has 1 aliphatic carbocycles. The highest BCUT2D eigenvalue weighted by Crippen LogP contribution is 2.54. The molecule has 0 spiro atoms. The Kier molecular flexibility index (Phi) is 5.87. The molecule has 8 aromatic rings. The van der Waals surface area contributed by atoms with E-state index in [1.165, 1.54) is 38.6 Å². The Labute approximate surface area is 277 Å². The maximum absolute atomic E-state index is 6.31. The monoisotopic (exact) mass is 616 g/mol. The van der Waals surface area contributed by atoms with Crippen molar-refractivity contribution in [3.63, 3.8) is 0 Å². The molecule has 5 aromatic carbocycles. The third kappa shape index (κ3) is 4.04. The van der Waals surface area contributed by atoms with Crippen molar-refractivity contribution < 1.29 is 4.74 Å². The first-order chi connectivity index (χ1) is 23.8. The van der Waals surface area contributed by atoms with Crippen LogP contribution < -0.4 is 9.64 Å². The fourth-order valence-corrected chi connectivity index (χ4v) is 7.56. The van der Waals surface area contributed by atoms with Crippen molar-refractivity contribution in [2.24, 2.45) is 0 Å². The van der Waals surface area contributed by atoms with Gasteiger partial charge in [-0.1, -0.05) is 91.0 Å². The van der Waals surface area contributed by atoms with Gasteiger partial charge in [-0.15, -0.1) is 0 Å². The van der Waals surface area contributed by atoms with Gasteiger partial charge in [0.15, 0.2) is 0 Å². The van der Waals surface area contributed by atoms with Gasteiger partial charge in [-0.05, 0) is 88.0 Å². The average molecular weight is 617 g/mol. The summed E-state index contributed by atoms with van der Waals surface area (Å²) < 4.78 is 8.60. The molecule has 0 bridgehead atoms. The van der Waals surface area contributed by atoms with Crippen molar-refractivity contribution in [3.05, 3.63) is 174 Å². The summed E-state index contributed by atoms with van der Waals surface area (Å²) in [5.41, 5.74) is 11.8. The predicted molar refractivity (Wildman–Crippen MR) is 194 cm³/mol. The number of hydrogen-bond donors (Lipinski definition) is 0. The highest BCUT2D eigenvalue weighted by Gasteiger charge is 2.37. The molecule has 10 rings (SSSR count). The molecule has 5 heteroatoms. The van der Waals surface area contributed by atoms with Gasteiger partial charge in [0, 0.05) is 34.9 Å². The molecule has 0 fully saturated rings. The van der Waals surface area contributed by atoms with Crippen molar-refractivity contribution in [1.29, 1.82) is 0 Å². The minimum atomic E-state index is -0.103. The lowest BCUT2D eigenvalue weighted by atomic mass is 9.99. The lowest BCUT2D eigenvalue weighted by Crippen LogP contribution is -2.24. The smallest absolute Gasteiger partial charge is 0.219 e. The predicted octanol–water partition coefficient (Wildman–Crippen LogP) is 10.8. The first-order valence-corrected chi connectivity index (χ1v) is 16.2. The molecule has 0 radical (unpaired) electrons. The number of pyridine rings is 2. The van der Waals surface area contributed by atoms with E-state index in [9.17, 15) is 0 Å². The van der Waals surface area contributed by atoms with Crippen molar-refractivity contribution in [1.82, 2.24) is 14.5 Å². The minimum absolute atomic E-state index is 0.103. The molecule has 48 heavy (non-hydrogen) atoms. The lowest BCUT2D eigenvalue weighted by Gasteiger charge is -2.34. The Bertz CT molecular complexity index is 2550. The van der Waals surface area contributed by atoms with E-state index in [0.29, 0.717) is 5.88 Å². The Hall–Kier alpha value is -6.46. The SMILES string of the molecule is C1=Cc2cc3c4ccccc4n(-c4ccccn4)c3cc2N(C2c3ccccc3-c3ccc(Oc4ccccn4)cc32)c2ccccc21. The standard InChI is InChI=1S/C43H28N4O/c1-5-15-37-28(11-1)19-20-29-25-35-33-13-4-6-16-38(33)46(41-17-7-9-23-44-41)40(35)27-39(29)47(37)43-34-14-3-2-12-31(34)32-22-21-30(26-36(32)43)48-42-18-8-10-24-45-42/h1-27,43H. The maximum atomic E-state index is 6.31. The number of anilines is 2. The van der Waals surface area contributed by atoms with Gasteiger partial charge in [0.1, 0.15) is 11.6 Å². The van der Waals surface area contributed by atoms with Crippen LogP contribution in [0.15, 0.2) is 152 Å². The zero-order valence-electron chi connectivity index (χ0n) is 25.9. The fourth-order valence-electron chi connectivity index (χ4n) is 7.56. The molecule has 1 atom stereocenters. The number of ether oxygens (including phenoxy) is 1. The molecule has 0 amide bonds. The number of rotatable bonds is 4. The van der Waals surface area contributed by atoms with Crippen LogP contribution in [-0.4, -0.2) is 14.5 Å². The van der Waals surface area contributed by atoms with E-state index >= 15 is 0 Å². The van der Waals surface area contributed by atoms with E-state index < -0.39 is 0 Å². The van der Waals surface area contributed by atoms with Crippen LogP contribution in [0.1, 0.15) is 28.3 Å². The molecule has 5 nitrogen and oxygen atoms in total. The van der Waals surface area contributed by atoms with Gasteiger partial charge in [0.25, 0.3) is 0 Å². The molecule has 1 unspecified atom stereocenters. The highest BCUT2D eigenvalue weighted by molar-refractivity contribution is 6.12. The lowest BCUT2D eigenvalue weighted by molar-refractivity contribution is 0.462. The van der Waals surface area contributed by atoms with E-state index in [0.717, 1.165) is 39.5 Å². The first-order valence-electron chi connectivity index (χ1n) is 16.2. The molecule has 0 saturated carbocycles. The third-order valence-corrected chi connectivity index (χ3v) is 9.58. The second kappa shape index (κ2) is 10.5. The topological polar surface area (TPSA) is 43.2 Å². The first kappa shape index (κ1) is 26.7. The zero-order valence-corrected chi connectivity index (χ0v) is 25.9. The molecule has 0 N–H and O–H groups in total. The van der Waals surface area contributed by atoms with Crippen LogP contribution in [-0.2, 0) is 0 Å². The van der Waals surface area contributed by atoms with Gasteiger partial charge in [-0.3, -0.25) is 4.57 Å². The number of nitrogens with zero attached hydrogens (tertiary/aromatic N) is 4. The average Bonchev–Trinajstić information content (AvgIpc) is 3.58. The summed E-state index contributed by atoms with van der Waals surface area (Å²) in [5.74, 6) is 2.23. The van der Waals surface area contributed by atoms with E-state index in [-0.39, 0.29) is 6.04 Å². The summed E-state index contributed by atoms with van der Waals surface area (Å²) in [6.45, 7) is 0. The van der Waals surface area contributed by atoms with Crippen LogP contribution >= 0.6 is 0 Å². The summed E-state index contributed by atoms with van der Waals surface area (Å²) in [6, 6.07) is 49.0. The quantitative estimate of drug-likeness (QED) is 0.197. The second-order valence-corrected chi connectivity index (χ2v) is 12.2. The van der Waals surface area contributed by atoms with Crippen molar-refractivity contribution in [3.8, 4) is 28.6 Å². The summed E-state index contributed by atoms with van der Waals surface area (Å²) >= 11 is 0. The Morgan fingerprint density at radius 2 is 1.29 bits per heavy atom. The van der Waals surface area contributed by atoms with Crippen molar-refractivity contribution in [2.45, 2.75) is 6.04 Å². The van der Waals surface area contributed by atoms with E-state index in [2.05, 4.69) is 136 Å². The van der Waals surface area contributed by atoms with Gasteiger partial charge in [-0.2, -0.15) is 0 Å². The van der Waals surface area contributed by atoms with Gasteiger partial charge >= 0.3 is 0 Å². The van der Waals surface area contributed by atoms with Crippen molar-refractivity contribution in [2.75, 3.05) is 4.90 Å². The number of para-hydroxylation sites is 2. The highest BCUT2D eigenvalue weighted by atomic mass is 16.5. The molecular weight excluding hydrogens is 589 g/mol.